The Hall–Kier alpha value is -1.47. The minimum atomic E-state index is -4.22. The van der Waals surface area contributed by atoms with Crippen LogP contribution in [0.5, 0.6) is 0 Å². The van der Waals surface area contributed by atoms with Gasteiger partial charge in [-0.25, -0.2) is 4.79 Å². The van der Waals surface area contributed by atoms with E-state index < -0.39 is 29.5 Å². The third-order valence-electron chi connectivity index (χ3n) is 4.58. The van der Waals surface area contributed by atoms with Crippen molar-refractivity contribution in [2.24, 2.45) is 11.3 Å². The van der Waals surface area contributed by atoms with Crippen LogP contribution in [0, 0.1) is 11.3 Å². The van der Waals surface area contributed by atoms with Crippen molar-refractivity contribution in [2.75, 3.05) is 19.6 Å². The van der Waals surface area contributed by atoms with E-state index in [1.807, 2.05) is 0 Å². The summed E-state index contributed by atoms with van der Waals surface area (Å²) in [4.78, 5) is 23.7. The van der Waals surface area contributed by atoms with Crippen LogP contribution in [0.25, 0.3) is 0 Å². The average Bonchev–Trinajstić information content (AvgIpc) is 2.34. The summed E-state index contributed by atoms with van der Waals surface area (Å²) in [5.74, 6) is -2.36. The first-order valence-electron chi connectivity index (χ1n) is 7.06. The highest BCUT2D eigenvalue weighted by molar-refractivity contribution is 5.75. The van der Waals surface area contributed by atoms with Gasteiger partial charge in [-0.2, -0.15) is 13.2 Å². The van der Waals surface area contributed by atoms with Crippen molar-refractivity contribution in [2.45, 2.75) is 38.3 Å². The summed E-state index contributed by atoms with van der Waals surface area (Å²) in [5.41, 5.74) is -0.833. The summed E-state index contributed by atoms with van der Waals surface area (Å²) < 4.78 is 39.3. The number of likely N-dealkylation sites (tertiary alicyclic amines) is 1. The van der Waals surface area contributed by atoms with E-state index in [0.29, 0.717) is 12.8 Å². The number of halogens is 3. The predicted octanol–water partition coefficient (Wildman–Crippen LogP) is 2.23. The molecular weight excluding hydrogens is 289 g/mol. The molecule has 120 valence electrons. The van der Waals surface area contributed by atoms with E-state index in [9.17, 15) is 22.8 Å². The van der Waals surface area contributed by atoms with Gasteiger partial charge in [-0.3, -0.25) is 4.79 Å². The van der Waals surface area contributed by atoms with Gasteiger partial charge in [-0.15, -0.1) is 0 Å². The Morgan fingerprint density at radius 1 is 1.33 bits per heavy atom. The molecular formula is C13H19F3N2O3. The van der Waals surface area contributed by atoms with Crippen LogP contribution in [0.3, 0.4) is 0 Å². The number of amides is 2. The summed E-state index contributed by atoms with van der Waals surface area (Å²) in [6.07, 6.45) is -2.73. The maximum absolute atomic E-state index is 13.1. The van der Waals surface area contributed by atoms with Gasteiger partial charge in [0, 0.05) is 19.6 Å². The molecule has 1 saturated carbocycles. The fraction of sp³-hybridized carbons (Fsp3) is 0.846. The van der Waals surface area contributed by atoms with Gasteiger partial charge in [0.15, 0.2) is 0 Å². The molecule has 1 aliphatic heterocycles. The van der Waals surface area contributed by atoms with Crippen LogP contribution in [0.2, 0.25) is 0 Å². The molecule has 5 nitrogen and oxygen atoms in total. The molecule has 0 aromatic rings. The minimum Gasteiger partial charge on any atom is -0.481 e. The highest BCUT2D eigenvalue weighted by Crippen LogP contribution is 2.56. The van der Waals surface area contributed by atoms with Gasteiger partial charge in [-0.05, 0) is 24.7 Å². The van der Waals surface area contributed by atoms with Crippen LogP contribution in [-0.4, -0.2) is 47.8 Å². The number of rotatable bonds is 3. The van der Waals surface area contributed by atoms with E-state index >= 15 is 0 Å². The predicted molar refractivity (Wildman–Crippen MR) is 67.7 cm³/mol. The highest BCUT2D eigenvalue weighted by Gasteiger charge is 2.58. The van der Waals surface area contributed by atoms with Gasteiger partial charge in [0.25, 0.3) is 0 Å². The van der Waals surface area contributed by atoms with Gasteiger partial charge in [-0.1, -0.05) is 6.42 Å². The second-order valence-corrected chi connectivity index (χ2v) is 5.90. The quantitative estimate of drug-likeness (QED) is 0.840. The lowest BCUT2D eigenvalue weighted by Gasteiger charge is -2.54. The van der Waals surface area contributed by atoms with Crippen molar-refractivity contribution in [1.29, 1.82) is 0 Å². The largest absolute Gasteiger partial charge is 0.481 e. The number of carboxylic acids is 1. The number of carbonyl (C=O) groups excluding carboxylic acids is 1. The van der Waals surface area contributed by atoms with Gasteiger partial charge < -0.3 is 15.3 Å². The maximum Gasteiger partial charge on any atom is 0.392 e. The number of hydrogen-bond donors (Lipinski definition) is 2. The number of hydrogen-bond acceptors (Lipinski definition) is 2. The fourth-order valence-corrected chi connectivity index (χ4v) is 3.37. The van der Waals surface area contributed by atoms with Crippen molar-refractivity contribution in [3.63, 3.8) is 0 Å². The summed E-state index contributed by atoms with van der Waals surface area (Å²) in [7, 11) is 0. The normalized spacial score (nSPS) is 24.5. The minimum absolute atomic E-state index is 0.0135. The Kier molecular flexibility index (Phi) is 4.34. The van der Waals surface area contributed by atoms with Gasteiger partial charge >= 0.3 is 18.2 Å². The molecule has 0 aromatic carbocycles. The standard InChI is InChI=1S/C13H19F3N2O3/c14-13(15,16)9-3-7-18(8-12(9)4-1-5-12)11(21)17-6-2-10(19)20/h9H,1-8H2,(H,17,21)(H,19,20). The Bertz CT molecular complexity index is 421. The Morgan fingerprint density at radius 2 is 2.00 bits per heavy atom. The first-order chi connectivity index (χ1) is 9.74. The second kappa shape index (κ2) is 5.73. The molecule has 0 bridgehead atoms. The fourth-order valence-electron chi connectivity index (χ4n) is 3.37. The van der Waals surface area contributed by atoms with Crippen molar-refractivity contribution >= 4 is 12.0 Å². The zero-order valence-corrected chi connectivity index (χ0v) is 11.6. The summed E-state index contributed by atoms with van der Waals surface area (Å²) >= 11 is 0. The molecule has 21 heavy (non-hydrogen) atoms. The van der Waals surface area contributed by atoms with E-state index in [0.717, 1.165) is 6.42 Å². The van der Waals surface area contributed by atoms with E-state index in [1.165, 1.54) is 4.90 Å². The lowest BCUT2D eigenvalue weighted by atomic mass is 9.58. The molecule has 1 atom stereocenters. The molecule has 2 aliphatic rings. The summed E-state index contributed by atoms with van der Waals surface area (Å²) in [6, 6.07) is -0.469. The first kappa shape index (κ1) is 15.9. The average molecular weight is 308 g/mol. The van der Waals surface area contributed by atoms with Crippen LogP contribution in [0.15, 0.2) is 0 Å². The van der Waals surface area contributed by atoms with Crippen LogP contribution >= 0.6 is 0 Å². The number of piperidine rings is 1. The number of alkyl halides is 3. The van der Waals surface area contributed by atoms with Gasteiger partial charge in [0.05, 0.1) is 12.3 Å². The van der Waals surface area contributed by atoms with Crippen LogP contribution in [0.4, 0.5) is 18.0 Å². The molecule has 1 spiro atoms. The van der Waals surface area contributed by atoms with Crippen molar-refractivity contribution < 1.29 is 27.9 Å². The third-order valence-corrected chi connectivity index (χ3v) is 4.58. The van der Waals surface area contributed by atoms with Gasteiger partial charge in [0.1, 0.15) is 0 Å². The topological polar surface area (TPSA) is 69.6 Å². The molecule has 0 aromatic heterocycles. The monoisotopic (exact) mass is 308 g/mol. The Labute approximate surface area is 120 Å². The van der Waals surface area contributed by atoms with Crippen LogP contribution in [-0.2, 0) is 4.79 Å². The number of nitrogens with zero attached hydrogens (tertiary/aromatic N) is 1. The van der Waals surface area contributed by atoms with E-state index in [-0.39, 0.29) is 32.5 Å². The molecule has 1 aliphatic carbocycles. The summed E-state index contributed by atoms with van der Waals surface area (Å²) in [6.45, 7) is 0.154. The van der Waals surface area contributed by atoms with Crippen LogP contribution in [0.1, 0.15) is 32.1 Å². The van der Waals surface area contributed by atoms with Crippen molar-refractivity contribution in [3.05, 3.63) is 0 Å². The Morgan fingerprint density at radius 3 is 2.48 bits per heavy atom. The lowest BCUT2D eigenvalue weighted by Crippen LogP contribution is -2.59. The molecule has 2 fully saturated rings. The van der Waals surface area contributed by atoms with Crippen molar-refractivity contribution in [3.8, 4) is 0 Å². The zero-order valence-electron chi connectivity index (χ0n) is 11.6. The maximum atomic E-state index is 13.1. The number of carbonyl (C=O) groups is 2. The van der Waals surface area contributed by atoms with Crippen molar-refractivity contribution in [1.82, 2.24) is 10.2 Å². The molecule has 2 rings (SSSR count). The molecule has 1 heterocycles. The molecule has 1 unspecified atom stereocenters. The molecule has 2 amide bonds. The Balaban J connectivity index is 1.94. The molecule has 0 radical (unpaired) electrons. The first-order valence-corrected chi connectivity index (χ1v) is 7.06. The van der Waals surface area contributed by atoms with E-state index in [4.69, 9.17) is 5.11 Å². The third kappa shape index (κ3) is 3.41. The smallest absolute Gasteiger partial charge is 0.392 e. The lowest BCUT2D eigenvalue weighted by molar-refractivity contribution is -0.235. The number of carboxylic acid groups (broad SMARTS) is 1. The molecule has 1 saturated heterocycles. The van der Waals surface area contributed by atoms with Crippen LogP contribution < -0.4 is 5.32 Å². The van der Waals surface area contributed by atoms with E-state index in [1.54, 1.807) is 0 Å². The summed E-state index contributed by atoms with van der Waals surface area (Å²) in [5, 5.41) is 10.9. The van der Waals surface area contributed by atoms with E-state index in [2.05, 4.69) is 5.32 Å². The second-order valence-electron chi connectivity index (χ2n) is 5.90. The molecule has 8 heteroatoms. The number of aliphatic carboxylic acids is 1. The number of nitrogens with one attached hydrogen (secondary N) is 1. The SMILES string of the molecule is O=C(O)CCNC(=O)N1CCC(C(F)(F)F)C2(CCC2)C1. The highest BCUT2D eigenvalue weighted by atomic mass is 19.4. The van der Waals surface area contributed by atoms with Gasteiger partial charge in [0.2, 0.25) is 0 Å². The molecule has 2 N–H and O–H groups in total. The number of urea groups is 1. The zero-order chi connectivity index (χ0) is 15.7.